The lowest BCUT2D eigenvalue weighted by Crippen LogP contribution is -2.51. The van der Waals surface area contributed by atoms with Crippen LogP contribution in [0.5, 0.6) is 0 Å². The molecular formula is C22H30O3. The van der Waals surface area contributed by atoms with Crippen LogP contribution in [0.4, 0.5) is 0 Å². The van der Waals surface area contributed by atoms with Crippen LogP contribution in [0, 0.1) is 34.5 Å². The monoisotopic (exact) mass is 342 g/mol. The van der Waals surface area contributed by atoms with E-state index < -0.39 is 0 Å². The fourth-order valence-electron chi connectivity index (χ4n) is 7.19. The zero-order valence-corrected chi connectivity index (χ0v) is 15.7. The summed E-state index contributed by atoms with van der Waals surface area (Å²) < 4.78 is 5.17. The van der Waals surface area contributed by atoms with E-state index in [2.05, 4.69) is 19.9 Å². The van der Waals surface area contributed by atoms with Crippen LogP contribution < -0.4 is 0 Å². The molecule has 0 N–H and O–H groups in total. The summed E-state index contributed by atoms with van der Waals surface area (Å²) in [5.41, 5.74) is 1.52. The van der Waals surface area contributed by atoms with Crippen LogP contribution >= 0.6 is 0 Å². The molecular weight excluding hydrogens is 312 g/mol. The lowest BCUT2D eigenvalue weighted by atomic mass is 9.47. The number of hydrogen-bond acceptors (Lipinski definition) is 3. The van der Waals surface area contributed by atoms with Gasteiger partial charge in [0.25, 0.3) is 0 Å². The van der Waals surface area contributed by atoms with Crippen LogP contribution in [-0.2, 0) is 14.3 Å². The predicted molar refractivity (Wildman–Crippen MR) is 96.7 cm³/mol. The number of ketones is 1. The number of hydrogen-bond donors (Lipinski definition) is 0. The van der Waals surface area contributed by atoms with E-state index in [4.69, 9.17) is 4.74 Å². The first-order valence-corrected chi connectivity index (χ1v) is 9.98. The third kappa shape index (κ3) is 2.23. The molecule has 0 amide bonds. The molecule has 3 heteroatoms. The molecule has 0 unspecified atom stereocenters. The van der Waals surface area contributed by atoms with Gasteiger partial charge in [-0.05, 0) is 80.3 Å². The highest BCUT2D eigenvalue weighted by Gasteiger charge is 2.61. The molecule has 0 spiro atoms. The van der Waals surface area contributed by atoms with Crippen LogP contribution in [-0.4, -0.2) is 18.9 Å². The van der Waals surface area contributed by atoms with E-state index in [9.17, 15) is 9.59 Å². The fourth-order valence-corrected chi connectivity index (χ4v) is 7.19. The van der Waals surface area contributed by atoms with Crippen molar-refractivity contribution in [2.24, 2.45) is 34.5 Å². The Bertz CT molecular complexity index is 660. The number of ether oxygens (including phenoxy) is 1. The van der Waals surface area contributed by atoms with Gasteiger partial charge < -0.3 is 4.74 Å². The van der Waals surface area contributed by atoms with Crippen LogP contribution in [0.15, 0.2) is 23.8 Å². The summed E-state index contributed by atoms with van der Waals surface area (Å²) in [5, 5.41) is 0. The topological polar surface area (TPSA) is 43.4 Å². The summed E-state index contributed by atoms with van der Waals surface area (Å²) in [5.74, 6) is 2.15. The Morgan fingerprint density at radius 1 is 1.24 bits per heavy atom. The molecule has 0 aromatic carbocycles. The molecule has 0 saturated heterocycles. The maximum atomic E-state index is 12.4. The zero-order chi connectivity index (χ0) is 17.8. The standard InChI is InChI=1S/C22H30O3/c1-4-22-12-10-17-16(18(22)7-8-19(22)20(24)25-3)6-5-14-13-15(23)9-11-21(14,17)2/h9,11,13,16-19H,4-8,10,12H2,1-3H3/t16-,17+,18+,19-,21+,22+/m1/s1. The normalized spacial score (nSPS) is 45.2. The van der Waals surface area contributed by atoms with Crippen molar-refractivity contribution in [3.8, 4) is 0 Å². The smallest absolute Gasteiger partial charge is 0.309 e. The molecule has 0 aromatic rings. The molecule has 0 aromatic heterocycles. The zero-order valence-electron chi connectivity index (χ0n) is 15.7. The van der Waals surface area contributed by atoms with Crippen molar-refractivity contribution in [2.75, 3.05) is 7.11 Å². The van der Waals surface area contributed by atoms with Crippen LogP contribution in [0.25, 0.3) is 0 Å². The summed E-state index contributed by atoms with van der Waals surface area (Å²) in [7, 11) is 1.53. The van der Waals surface area contributed by atoms with Crippen molar-refractivity contribution in [1.82, 2.24) is 0 Å². The van der Waals surface area contributed by atoms with E-state index in [-0.39, 0.29) is 28.5 Å². The number of carbonyl (C=O) groups is 2. The fraction of sp³-hybridized carbons (Fsp3) is 0.727. The number of methoxy groups -OCH3 is 1. The highest BCUT2D eigenvalue weighted by Crippen LogP contribution is 2.67. The molecule has 0 heterocycles. The Morgan fingerprint density at radius 2 is 2.04 bits per heavy atom. The summed E-state index contributed by atoms with van der Waals surface area (Å²) in [6, 6.07) is 0. The Kier molecular flexibility index (Phi) is 3.97. The summed E-state index contributed by atoms with van der Waals surface area (Å²) in [6.45, 7) is 4.61. The van der Waals surface area contributed by atoms with Gasteiger partial charge in [0.05, 0.1) is 13.0 Å². The van der Waals surface area contributed by atoms with Gasteiger partial charge in [-0.2, -0.15) is 0 Å². The maximum Gasteiger partial charge on any atom is 0.309 e. The first kappa shape index (κ1) is 17.1. The molecule has 136 valence electrons. The van der Waals surface area contributed by atoms with E-state index in [1.165, 1.54) is 19.1 Å². The molecule has 0 radical (unpaired) electrons. The van der Waals surface area contributed by atoms with Crippen molar-refractivity contribution >= 4 is 11.8 Å². The van der Waals surface area contributed by atoms with Gasteiger partial charge in [-0.25, -0.2) is 0 Å². The molecule has 6 atom stereocenters. The van der Waals surface area contributed by atoms with Crippen molar-refractivity contribution in [2.45, 2.75) is 58.8 Å². The van der Waals surface area contributed by atoms with Crippen LogP contribution in [0.1, 0.15) is 58.8 Å². The number of fused-ring (bicyclic) bond motifs is 5. The Hall–Kier alpha value is -1.38. The third-order valence-corrected chi connectivity index (χ3v) is 8.42. The average molecular weight is 342 g/mol. The number of esters is 1. The van der Waals surface area contributed by atoms with Gasteiger partial charge in [-0.15, -0.1) is 0 Å². The Labute approximate surface area is 150 Å². The summed E-state index contributed by atoms with van der Waals surface area (Å²) >= 11 is 0. The van der Waals surface area contributed by atoms with E-state index in [0.29, 0.717) is 17.8 Å². The molecule has 25 heavy (non-hydrogen) atoms. The minimum absolute atomic E-state index is 0.00793. The first-order valence-electron chi connectivity index (χ1n) is 9.98. The van der Waals surface area contributed by atoms with Gasteiger partial charge in [0, 0.05) is 5.41 Å². The van der Waals surface area contributed by atoms with Crippen molar-refractivity contribution in [1.29, 1.82) is 0 Å². The summed E-state index contributed by atoms with van der Waals surface area (Å²) in [6.07, 6.45) is 13.6. The molecule has 4 aliphatic rings. The van der Waals surface area contributed by atoms with Gasteiger partial charge in [0.1, 0.15) is 0 Å². The van der Waals surface area contributed by atoms with Gasteiger partial charge in [-0.3, -0.25) is 9.59 Å². The molecule has 3 saturated carbocycles. The van der Waals surface area contributed by atoms with Crippen molar-refractivity contribution in [3.05, 3.63) is 23.8 Å². The van der Waals surface area contributed by atoms with Gasteiger partial charge in [0.15, 0.2) is 5.78 Å². The second-order valence-electron chi connectivity index (χ2n) is 8.88. The third-order valence-electron chi connectivity index (χ3n) is 8.42. The predicted octanol–water partition coefficient (Wildman–Crippen LogP) is 4.47. The quantitative estimate of drug-likeness (QED) is 0.695. The highest BCUT2D eigenvalue weighted by atomic mass is 16.5. The maximum absolute atomic E-state index is 12.4. The SMILES string of the molecule is CC[C@]12CC[C@H]3[C@@H](CCC4=CC(=O)C=C[C@@]43C)[C@@H]1CC[C@@H]2C(=O)OC. The van der Waals surface area contributed by atoms with Crippen molar-refractivity contribution < 1.29 is 14.3 Å². The Morgan fingerprint density at radius 3 is 2.76 bits per heavy atom. The molecule has 0 aliphatic heterocycles. The second kappa shape index (κ2) is 5.82. The Balaban J connectivity index is 1.68. The average Bonchev–Trinajstić information content (AvgIpc) is 3.01. The van der Waals surface area contributed by atoms with Crippen molar-refractivity contribution in [3.63, 3.8) is 0 Å². The molecule has 4 aliphatic carbocycles. The number of carbonyl (C=O) groups excluding carboxylic acids is 2. The first-order chi connectivity index (χ1) is 12.0. The summed E-state index contributed by atoms with van der Waals surface area (Å²) in [4.78, 5) is 24.3. The highest BCUT2D eigenvalue weighted by molar-refractivity contribution is 6.01. The second-order valence-corrected chi connectivity index (χ2v) is 8.88. The number of rotatable bonds is 2. The van der Waals surface area contributed by atoms with Gasteiger partial charge in [-0.1, -0.05) is 25.5 Å². The lowest BCUT2D eigenvalue weighted by molar-refractivity contribution is -0.153. The molecule has 3 fully saturated rings. The number of allylic oxidation sites excluding steroid dienone is 4. The minimum atomic E-state index is 0.00793. The minimum Gasteiger partial charge on any atom is -0.469 e. The van der Waals surface area contributed by atoms with Crippen LogP contribution in [0.2, 0.25) is 0 Å². The van der Waals surface area contributed by atoms with Crippen LogP contribution in [0.3, 0.4) is 0 Å². The van der Waals surface area contributed by atoms with E-state index in [0.717, 1.165) is 38.5 Å². The van der Waals surface area contributed by atoms with E-state index in [1.807, 2.05) is 6.08 Å². The molecule has 0 bridgehead atoms. The lowest BCUT2D eigenvalue weighted by Gasteiger charge is -2.57. The molecule has 4 rings (SSSR count). The van der Waals surface area contributed by atoms with E-state index >= 15 is 0 Å². The molecule has 3 nitrogen and oxygen atoms in total. The van der Waals surface area contributed by atoms with Gasteiger partial charge in [0.2, 0.25) is 0 Å². The van der Waals surface area contributed by atoms with Gasteiger partial charge >= 0.3 is 5.97 Å². The largest absolute Gasteiger partial charge is 0.469 e. The van der Waals surface area contributed by atoms with E-state index in [1.54, 1.807) is 6.08 Å².